The van der Waals surface area contributed by atoms with Gasteiger partial charge in [0.1, 0.15) is 0 Å². The Labute approximate surface area is 147 Å². The molecule has 0 saturated carbocycles. The van der Waals surface area contributed by atoms with Crippen LogP contribution in [0.2, 0.25) is 0 Å². The Morgan fingerprint density at radius 2 is 2.04 bits per heavy atom. The highest BCUT2D eigenvalue weighted by atomic mass is 32.1. The van der Waals surface area contributed by atoms with Gasteiger partial charge in [-0.3, -0.25) is 0 Å². The third-order valence-electron chi connectivity index (χ3n) is 3.59. The van der Waals surface area contributed by atoms with Gasteiger partial charge in [0.15, 0.2) is 16.6 Å². The molecule has 0 fully saturated rings. The molecule has 130 valence electrons. The number of hydrogen-bond acceptors (Lipinski definition) is 5. The Morgan fingerprint density at radius 3 is 2.67 bits per heavy atom. The minimum absolute atomic E-state index is 0.295. The minimum Gasteiger partial charge on any atom is -0.493 e. The summed E-state index contributed by atoms with van der Waals surface area (Å²) in [7, 11) is 1.58. The molecule has 1 heterocycles. The Bertz CT molecular complexity index is 673. The number of hydrogen-bond donors (Lipinski definition) is 2. The smallest absolute Gasteiger partial charge is 0.338 e. The lowest BCUT2D eigenvalue weighted by Crippen LogP contribution is -2.45. The minimum atomic E-state index is -0.477. The van der Waals surface area contributed by atoms with Crippen LogP contribution in [-0.4, -0.2) is 31.4 Å². The van der Waals surface area contributed by atoms with Crippen LogP contribution in [0.5, 0.6) is 11.5 Å². The zero-order valence-electron chi connectivity index (χ0n) is 14.3. The van der Waals surface area contributed by atoms with Crippen molar-refractivity contribution in [3.63, 3.8) is 0 Å². The van der Waals surface area contributed by atoms with Gasteiger partial charge in [0, 0.05) is 11.3 Å². The molecule has 0 spiro atoms. The van der Waals surface area contributed by atoms with E-state index in [-0.39, 0.29) is 0 Å². The highest BCUT2D eigenvalue weighted by molar-refractivity contribution is 7.80. The van der Waals surface area contributed by atoms with E-state index in [1.54, 1.807) is 21.0 Å². The first-order valence-electron chi connectivity index (χ1n) is 7.78. The summed E-state index contributed by atoms with van der Waals surface area (Å²) in [6, 6.07) is 5.07. The van der Waals surface area contributed by atoms with Crippen LogP contribution in [0, 0.1) is 0 Å². The van der Waals surface area contributed by atoms with Crippen LogP contribution >= 0.6 is 12.2 Å². The van der Waals surface area contributed by atoms with Crippen LogP contribution in [-0.2, 0) is 9.53 Å². The van der Waals surface area contributed by atoms with Crippen LogP contribution in [0.3, 0.4) is 0 Å². The molecule has 1 aliphatic heterocycles. The molecule has 1 unspecified atom stereocenters. The van der Waals surface area contributed by atoms with E-state index in [4.69, 9.17) is 26.4 Å². The number of rotatable bonds is 6. The van der Waals surface area contributed by atoms with E-state index in [0.717, 1.165) is 5.56 Å². The van der Waals surface area contributed by atoms with Gasteiger partial charge >= 0.3 is 5.97 Å². The highest BCUT2D eigenvalue weighted by Gasteiger charge is 2.33. The van der Waals surface area contributed by atoms with E-state index < -0.39 is 12.0 Å². The quantitative estimate of drug-likeness (QED) is 0.603. The predicted octanol–water partition coefficient (Wildman–Crippen LogP) is 2.45. The van der Waals surface area contributed by atoms with Crippen molar-refractivity contribution < 1.29 is 19.0 Å². The van der Waals surface area contributed by atoms with E-state index in [1.165, 1.54) is 0 Å². The topological polar surface area (TPSA) is 68.8 Å². The van der Waals surface area contributed by atoms with Crippen LogP contribution < -0.4 is 20.1 Å². The number of esters is 1. The number of allylic oxidation sites excluding steroid dienone is 1. The van der Waals surface area contributed by atoms with Gasteiger partial charge in [0.25, 0.3) is 0 Å². The average molecular weight is 350 g/mol. The van der Waals surface area contributed by atoms with Crippen molar-refractivity contribution in [1.29, 1.82) is 0 Å². The van der Waals surface area contributed by atoms with E-state index >= 15 is 0 Å². The van der Waals surface area contributed by atoms with Crippen LogP contribution in [0.4, 0.5) is 0 Å². The SMILES string of the molecule is CCOC(=O)C1=C(C)NC(=S)NC1c1cccc(OC)c1OCC. The molecule has 2 N–H and O–H groups in total. The second-order valence-corrected chi connectivity index (χ2v) is 5.51. The van der Waals surface area contributed by atoms with Crippen molar-refractivity contribution in [3.8, 4) is 11.5 Å². The maximum atomic E-state index is 12.4. The zero-order valence-corrected chi connectivity index (χ0v) is 15.1. The van der Waals surface area contributed by atoms with Crippen molar-refractivity contribution in [2.24, 2.45) is 0 Å². The Kier molecular flexibility index (Phi) is 6.03. The molecule has 2 rings (SSSR count). The van der Waals surface area contributed by atoms with Crippen molar-refractivity contribution in [2.75, 3.05) is 20.3 Å². The summed E-state index contributed by atoms with van der Waals surface area (Å²) in [5, 5.41) is 6.54. The average Bonchev–Trinajstić information content (AvgIpc) is 2.54. The molecule has 0 aromatic heterocycles. The molecule has 0 amide bonds. The summed E-state index contributed by atoms with van der Waals surface area (Å²) in [6.07, 6.45) is 0. The first-order chi connectivity index (χ1) is 11.5. The molecule has 1 aliphatic rings. The summed E-state index contributed by atoms with van der Waals surface area (Å²) in [4.78, 5) is 12.4. The number of para-hydroxylation sites is 1. The lowest BCUT2D eigenvalue weighted by atomic mass is 9.94. The van der Waals surface area contributed by atoms with Gasteiger partial charge < -0.3 is 24.8 Å². The molecule has 7 heteroatoms. The van der Waals surface area contributed by atoms with E-state index in [2.05, 4.69) is 10.6 Å². The van der Waals surface area contributed by atoms with Crippen molar-refractivity contribution in [3.05, 3.63) is 35.0 Å². The summed E-state index contributed by atoms with van der Waals surface area (Å²) < 4.78 is 16.4. The van der Waals surface area contributed by atoms with Crippen molar-refractivity contribution in [2.45, 2.75) is 26.8 Å². The fraction of sp³-hybridized carbons (Fsp3) is 0.412. The van der Waals surface area contributed by atoms with E-state index in [1.807, 2.05) is 25.1 Å². The number of methoxy groups -OCH3 is 1. The molecule has 1 atom stereocenters. The van der Waals surface area contributed by atoms with Gasteiger partial charge in [0.2, 0.25) is 0 Å². The van der Waals surface area contributed by atoms with Gasteiger partial charge in [-0.05, 0) is 39.1 Å². The van der Waals surface area contributed by atoms with Crippen LogP contribution in [0.15, 0.2) is 29.5 Å². The maximum absolute atomic E-state index is 12.4. The number of benzene rings is 1. The van der Waals surface area contributed by atoms with Crippen LogP contribution in [0.25, 0.3) is 0 Å². The number of nitrogens with one attached hydrogen (secondary N) is 2. The Morgan fingerprint density at radius 1 is 1.29 bits per heavy atom. The van der Waals surface area contributed by atoms with Crippen molar-refractivity contribution >= 4 is 23.3 Å². The molecule has 6 nitrogen and oxygen atoms in total. The Hall–Kier alpha value is -2.28. The van der Waals surface area contributed by atoms with Crippen LogP contribution in [0.1, 0.15) is 32.4 Å². The van der Waals surface area contributed by atoms with E-state index in [9.17, 15) is 4.79 Å². The first-order valence-corrected chi connectivity index (χ1v) is 8.19. The Balaban J connectivity index is 2.57. The molecule has 0 saturated heterocycles. The summed E-state index contributed by atoms with van der Waals surface area (Å²) in [5.41, 5.74) is 1.90. The molecular formula is C17H22N2O4S. The lowest BCUT2D eigenvalue weighted by Gasteiger charge is -2.31. The van der Waals surface area contributed by atoms with Gasteiger partial charge in [-0.1, -0.05) is 12.1 Å². The second kappa shape index (κ2) is 8.01. The fourth-order valence-corrected chi connectivity index (χ4v) is 2.90. The fourth-order valence-electron chi connectivity index (χ4n) is 2.63. The van der Waals surface area contributed by atoms with Gasteiger partial charge in [-0.25, -0.2) is 4.79 Å². The summed E-state index contributed by atoms with van der Waals surface area (Å²) >= 11 is 5.25. The molecule has 24 heavy (non-hydrogen) atoms. The molecular weight excluding hydrogens is 328 g/mol. The highest BCUT2D eigenvalue weighted by Crippen LogP contribution is 2.39. The predicted molar refractivity (Wildman–Crippen MR) is 95.1 cm³/mol. The van der Waals surface area contributed by atoms with Gasteiger partial charge in [0.05, 0.1) is 31.9 Å². The molecule has 0 aliphatic carbocycles. The number of carbonyl (C=O) groups excluding carboxylic acids is 1. The molecule has 0 bridgehead atoms. The number of ether oxygens (including phenoxy) is 3. The largest absolute Gasteiger partial charge is 0.493 e. The second-order valence-electron chi connectivity index (χ2n) is 5.10. The molecule has 1 aromatic carbocycles. The third kappa shape index (κ3) is 3.62. The number of thiocarbonyl (C=S) groups is 1. The lowest BCUT2D eigenvalue weighted by molar-refractivity contribution is -0.139. The van der Waals surface area contributed by atoms with Gasteiger partial charge in [-0.2, -0.15) is 0 Å². The number of carbonyl (C=O) groups is 1. The monoisotopic (exact) mass is 350 g/mol. The van der Waals surface area contributed by atoms with E-state index in [0.29, 0.717) is 41.1 Å². The normalized spacial score (nSPS) is 17.0. The summed E-state index contributed by atoms with van der Waals surface area (Å²) in [6.45, 7) is 6.23. The first kappa shape index (κ1) is 18.1. The third-order valence-corrected chi connectivity index (χ3v) is 3.81. The van der Waals surface area contributed by atoms with Crippen molar-refractivity contribution in [1.82, 2.24) is 10.6 Å². The maximum Gasteiger partial charge on any atom is 0.338 e. The molecule has 1 aromatic rings. The summed E-state index contributed by atoms with van der Waals surface area (Å²) in [5.74, 6) is 0.786. The zero-order chi connectivity index (χ0) is 17.7. The molecule has 0 radical (unpaired) electrons. The van der Waals surface area contributed by atoms with Gasteiger partial charge in [-0.15, -0.1) is 0 Å². The standard InChI is InChI=1S/C17H22N2O4S/c1-5-22-15-11(8-7-9-12(15)21-4)14-13(16(20)23-6-2)10(3)18-17(24)19-14/h7-9,14H,5-6H2,1-4H3,(H2,18,19,24).